The van der Waals surface area contributed by atoms with Gasteiger partial charge in [0.05, 0.1) is 10.9 Å². The number of hydrogen-bond donors (Lipinski definition) is 1. The number of nitrogens with zero attached hydrogens (tertiary/aromatic N) is 2. The van der Waals surface area contributed by atoms with Crippen LogP contribution in [0.4, 0.5) is 0 Å². The summed E-state index contributed by atoms with van der Waals surface area (Å²) in [6, 6.07) is 53.2. The zero-order valence-corrected chi connectivity index (χ0v) is 32.9. The topological polar surface area (TPSA) is 46.0 Å². The number of aromatic nitrogens is 2. The molecule has 0 spiro atoms. The van der Waals surface area contributed by atoms with Crippen LogP contribution in [-0.2, 0) is 26.5 Å². The molecule has 5 heteroatoms. The number of hydrogen-bond acceptors (Lipinski definition) is 3. The third kappa shape index (κ3) is 5.01. The number of benzene rings is 7. The fraction of sp³-hybridized carbons (Fsp3) is 0.0800. The molecular weight excluding hydrogens is 850 g/mol. The summed E-state index contributed by atoms with van der Waals surface area (Å²) in [5.41, 5.74) is 16.0. The summed E-state index contributed by atoms with van der Waals surface area (Å²) in [4.78, 5) is 10.3. The summed E-state index contributed by atoms with van der Waals surface area (Å²) in [7, 11) is 0. The molecule has 0 saturated carbocycles. The molecule has 11 rings (SSSR count). The van der Waals surface area contributed by atoms with Gasteiger partial charge in [0, 0.05) is 49.6 Å². The average molecular weight is 885 g/mol. The molecule has 2 aliphatic heterocycles. The van der Waals surface area contributed by atoms with Crippen LogP contribution in [0.25, 0.3) is 88.3 Å². The Hall–Kier alpha value is -5.83. The Bertz CT molecular complexity index is 3060. The Balaban J connectivity index is 0.00000372. The van der Waals surface area contributed by atoms with Gasteiger partial charge in [0.15, 0.2) is 0 Å². The molecule has 0 atom stereocenters. The monoisotopic (exact) mass is 884 g/mol. The summed E-state index contributed by atoms with van der Waals surface area (Å²) in [5.74, 6) is 0.304. The zero-order valence-electron chi connectivity index (χ0n) is 30.6. The van der Waals surface area contributed by atoms with E-state index in [4.69, 9.17) is 9.97 Å². The van der Waals surface area contributed by atoms with Crippen LogP contribution in [0.5, 0.6) is 5.75 Å². The van der Waals surface area contributed by atoms with Crippen LogP contribution in [0, 0.1) is 6.07 Å². The molecule has 0 bridgehead atoms. The van der Waals surface area contributed by atoms with Gasteiger partial charge < -0.3 is 5.11 Å². The van der Waals surface area contributed by atoms with Gasteiger partial charge in [-0.2, -0.15) is 0 Å². The third-order valence-electron chi connectivity index (χ3n) is 11.7. The van der Waals surface area contributed by atoms with Gasteiger partial charge in [-0.15, -0.1) is 23.8 Å². The molecule has 7 aromatic carbocycles. The fourth-order valence-corrected chi connectivity index (χ4v) is 9.09. The quantitative estimate of drug-likeness (QED) is 0.109. The van der Waals surface area contributed by atoms with E-state index >= 15 is 0 Å². The van der Waals surface area contributed by atoms with Gasteiger partial charge in [0.25, 0.3) is 0 Å². The first-order valence-corrected chi connectivity index (χ1v) is 18.7. The minimum absolute atomic E-state index is 0. The number of fused-ring (bicyclic) bond motifs is 12. The van der Waals surface area contributed by atoms with Crippen molar-refractivity contribution >= 4 is 55.5 Å². The second-order valence-corrected chi connectivity index (χ2v) is 15.8. The third-order valence-corrected chi connectivity index (χ3v) is 11.7. The van der Waals surface area contributed by atoms with Crippen molar-refractivity contribution in [1.82, 2.24) is 9.97 Å². The van der Waals surface area contributed by atoms with Crippen LogP contribution in [0.1, 0.15) is 26.3 Å². The first kappa shape index (κ1) is 33.7. The van der Waals surface area contributed by atoms with Gasteiger partial charge in [-0.25, -0.2) is 0 Å². The fourth-order valence-electron chi connectivity index (χ4n) is 9.09. The van der Waals surface area contributed by atoms with Crippen molar-refractivity contribution in [2.24, 2.45) is 0 Å². The summed E-state index contributed by atoms with van der Waals surface area (Å²) in [6.07, 6.45) is 1.88. The van der Waals surface area contributed by atoms with E-state index in [0.29, 0.717) is 5.75 Å². The van der Waals surface area contributed by atoms with Crippen molar-refractivity contribution in [3.05, 3.63) is 157 Å². The van der Waals surface area contributed by atoms with Crippen molar-refractivity contribution in [3.63, 3.8) is 0 Å². The van der Waals surface area contributed by atoms with Gasteiger partial charge in [0.2, 0.25) is 6.71 Å². The second-order valence-electron chi connectivity index (χ2n) is 15.8. The van der Waals surface area contributed by atoms with Crippen molar-refractivity contribution < 1.29 is 26.2 Å². The first-order valence-electron chi connectivity index (χ1n) is 18.7. The second kappa shape index (κ2) is 12.3. The van der Waals surface area contributed by atoms with E-state index < -0.39 is 0 Å². The molecule has 0 aliphatic carbocycles. The van der Waals surface area contributed by atoms with Crippen LogP contribution < -0.4 is 16.4 Å². The first-order chi connectivity index (χ1) is 26.3. The molecule has 3 nitrogen and oxygen atoms in total. The zero-order chi connectivity index (χ0) is 36.3. The smallest absolute Gasteiger partial charge is 0.244 e. The van der Waals surface area contributed by atoms with Crippen LogP contribution in [0.2, 0.25) is 0 Å². The maximum Gasteiger partial charge on any atom is 0.244 e. The van der Waals surface area contributed by atoms with E-state index in [1.165, 1.54) is 27.6 Å². The molecule has 55 heavy (non-hydrogen) atoms. The number of phenolic OH excluding ortho intramolecular Hbond substituents is 1. The summed E-state index contributed by atoms with van der Waals surface area (Å²) in [6.45, 7) is 6.80. The minimum Gasteiger partial charge on any atom is -0.507 e. The van der Waals surface area contributed by atoms with E-state index in [-0.39, 0.29) is 33.2 Å². The van der Waals surface area contributed by atoms with E-state index in [1.807, 2.05) is 12.3 Å². The Labute approximate surface area is 335 Å². The Morgan fingerprint density at radius 1 is 0.582 bits per heavy atom. The average Bonchev–Trinajstić information content (AvgIpc) is 3.73. The number of rotatable bonds is 3. The molecule has 4 heterocycles. The molecule has 2 aliphatic rings. The predicted molar refractivity (Wildman–Crippen MR) is 226 cm³/mol. The van der Waals surface area contributed by atoms with Gasteiger partial charge >= 0.3 is 0 Å². The summed E-state index contributed by atoms with van der Waals surface area (Å²) < 4.78 is 0. The van der Waals surface area contributed by atoms with E-state index in [1.54, 1.807) is 0 Å². The largest absolute Gasteiger partial charge is 0.507 e. The van der Waals surface area contributed by atoms with Crippen molar-refractivity contribution in [1.29, 1.82) is 0 Å². The maximum atomic E-state index is 12.6. The van der Waals surface area contributed by atoms with E-state index in [2.05, 4.69) is 160 Å². The molecule has 0 unspecified atom stereocenters. The van der Waals surface area contributed by atoms with Gasteiger partial charge in [-0.3, -0.25) is 9.97 Å². The molecular formula is C50H34BN2OPt-. The van der Waals surface area contributed by atoms with Gasteiger partial charge in [0.1, 0.15) is 5.75 Å². The van der Waals surface area contributed by atoms with Gasteiger partial charge in [-0.05, 0) is 55.5 Å². The number of pyridine rings is 2. The van der Waals surface area contributed by atoms with Gasteiger partial charge in [-0.1, -0.05) is 170 Å². The Morgan fingerprint density at radius 3 is 2.07 bits per heavy atom. The van der Waals surface area contributed by atoms with Crippen LogP contribution >= 0.6 is 0 Å². The maximum absolute atomic E-state index is 12.6. The summed E-state index contributed by atoms with van der Waals surface area (Å²) in [5, 5.41) is 17.7. The Kier molecular flexibility index (Phi) is 7.57. The summed E-state index contributed by atoms with van der Waals surface area (Å²) >= 11 is 0. The SMILES string of the molecule is CC(C)(C)c1cc(-c2cc(-c3ccccc3)ccn2)[c-]c(-c2ccc3c4ccccc4c4cc5c(c(O)c4c3n2)-c2cccc3c2B5c2ccccc2-3)c1.[Pt]. The van der Waals surface area contributed by atoms with Crippen LogP contribution in [-0.4, -0.2) is 21.8 Å². The molecule has 1 N–H and O–H groups in total. The van der Waals surface area contributed by atoms with Crippen LogP contribution in [0.3, 0.4) is 0 Å². The minimum atomic E-state index is -0.124. The molecule has 2 aromatic heterocycles. The molecule has 264 valence electrons. The normalized spacial score (nSPS) is 12.5. The van der Waals surface area contributed by atoms with Crippen molar-refractivity contribution in [2.45, 2.75) is 26.2 Å². The molecule has 0 radical (unpaired) electrons. The van der Waals surface area contributed by atoms with Crippen LogP contribution in [0.15, 0.2) is 146 Å². The number of phenols is 1. The predicted octanol–water partition coefficient (Wildman–Crippen LogP) is 10.2. The van der Waals surface area contributed by atoms with E-state index in [9.17, 15) is 5.11 Å². The molecule has 0 saturated heterocycles. The Morgan fingerprint density at radius 2 is 1.27 bits per heavy atom. The molecule has 9 aromatic rings. The molecule has 0 fully saturated rings. The van der Waals surface area contributed by atoms with Crippen molar-refractivity contribution in [3.8, 4) is 61.6 Å². The molecule has 0 amide bonds. The van der Waals surface area contributed by atoms with Crippen molar-refractivity contribution in [2.75, 3.05) is 0 Å². The number of aromatic hydroxyl groups is 1. The standard InChI is InChI=1S/C50H34BN2O.Pt/c1-50(2,3)33-25-31(24-32(26-33)44-27-30(22-23-52-44)29-12-5-4-6-13-29)43-21-20-38-34-14-7-8-15-35(34)40-28-42-45(49(54)46(40)48(38)53-43)39-18-11-17-37-36-16-9-10-19-41(36)51(42)47(37)39;/h4-23,25-28,54H,1-3H3;/q-1;. The van der Waals surface area contributed by atoms with E-state index in [0.717, 1.165) is 82.7 Å².